The molecule has 0 aliphatic carbocycles. The van der Waals surface area contributed by atoms with Crippen molar-refractivity contribution in [3.63, 3.8) is 0 Å². The summed E-state index contributed by atoms with van der Waals surface area (Å²) in [5, 5.41) is 14.9. The summed E-state index contributed by atoms with van der Waals surface area (Å²) in [6, 6.07) is 12.9. The van der Waals surface area contributed by atoms with Gasteiger partial charge in [0.1, 0.15) is 5.75 Å². The number of hydrogen-bond donors (Lipinski definition) is 2. The Morgan fingerprint density at radius 3 is 2.87 bits per heavy atom. The van der Waals surface area contributed by atoms with Gasteiger partial charge in [-0.1, -0.05) is 29.2 Å². The molecule has 0 radical (unpaired) electrons. The van der Waals surface area contributed by atoms with Crippen molar-refractivity contribution in [3.05, 3.63) is 42.5 Å². The summed E-state index contributed by atoms with van der Waals surface area (Å²) in [7, 11) is 1.62. The highest BCUT2D eigenvalue weighted by molar-refractivity contribution is 8.01. The molecule has 0 bridgehead atoms. The molecule has 1 aliphatic heterocycles. The fourth-order valence-corrected chi connectivity index (χ4v) is 4.28. The van der Waals surface area contributed by atoms with Crippen molar-refractivity contribution in [3.8, 4) is 17.2 Å². The van der Waals surface area contributed by atoms with Crippen LogP contribution in [0.1, 0.15) is 6.42 Å². The summed E-state index contributed by atoms with van der Waals surface area (Å²) in [5.41, 5.74) is 1.52. The Bertz CT molecular complexity index is 1030. The molecule has 4 rings (SSSR count). The number of rotatable bonds is 7. The maximum Gasteiger partial charge on any atom is 0.234 e. The second-order valence-corrected chi connectivity index (χ2v) is 8.48. The molecule has 0 atom stereocenters. The van der Waals surface area contributed by atoms with E-state index < -0.39 is 0 Å². The van der Waals surface area contributed by atoms with Crippen LogP contribution in [-0.4, -0.2) is 42.2 Å². The average molecular weight is 445 g/mol. The third-order valence-electron chi connectivity index (χ3n) is 4.09. The number of hydrogen-bond acceptors (Lipinski definition) is 9. The van der Waals surface area contributed by atoms with Gasteiger partial charge in [-0.25, -0.2) is 0 Å². The molecule has 3 aromatic rings. The Balaban J connectivity index is 1.29. The third kappa shape index (κ3) is 5.33. The van der Waals surface area contributed by atoms with Gasteiger partial charge < -0.3 is 24.8 Å². The summed E-state index contributed by atoms with van der Waals surface area (Å²) in [4.78, 5) is 12.3. The smallest absolute Gasteiger partial charge is 0.234 e. The zero-order chi connectivity index (χ0) is 20.8. The second-order valence-electron chi connectivity index (χ2n) is 6.28. The lowest BCUT2D eigenvalue weighted by molar-refractivity contribution is -0.113. The molecule has 0 unspecified atom stereocenters. The van der Waals surface area contributed by atoms with Crippen molar-refractivity contribution in [1.82, 2.24) is 10.2 Å². The first-order valence-corrected chi connectivity index (χ1v) is 11.1. The minimum Gasteiger partial charge on any atom is -0.497 e. The van der Waals surface area contributed by atoms with Crippen LogP contribution in [0.5, 0.6) is 17.2 Å². The Kier molecular flexibility index (Phi) is 6.55. The van der Waals surface area contributed by atoms with E-state index in [-0.39, 0.29) is 11.7 Å². The number of methoxy groups -OCH3 is 1. The third-order valence-corrected chi connectivity index (χ3v) is 6.06. The number of nitrogens with zero attached hydrogens (tertiary/aromatic N) is 2. The van der Waals surface area contributed by atoms with Crippen LogP contribution < -0.4 is 24.8 Å². The Labute approximate surface area is 182 Å². The first kappa shape index (κ1) is 20.3. The van der Waals surface area contributed by atoms with E-state index in [9.17, 15) is 4.79 Å². The van der Waals surface area contributed by atoms with Gasteiger partial charge in [0.05, 0.1) is 26.1 Å². The number of amides is 1. The molecule has 1 amide bonds. The average Bonchev–Trinajstić information content (AvgIpc) is 3.07. The SMILES string of the molecule is COc1cccc(Nc2nnc(SCC(=O)Nc3ccc4c(c3)OCCCO4)s2)c1. The van der Waals surface area contributed by atoms with E-state index in [1.165, 1.54) is 23.1 Å². The molecule has 2 heterocycles. The van der Waals surface area contributed by atoms with Crippen molar-refractivity contribution in [2.45, 2.75) is 10.8 Å². The van der Waals surface area contributed by atoms with Crippen LogP contribution in [0.3, 0.4) is 0 Å². The molecule has 0 spiro atoms. The first-order chi connectivity index (χ1) is 14.7. The monoisotopic (exact) mass is 444 g/mol. The van der Waals surface area contributed by atoms with Crippen LogP contribution in [0.4, 0.5) is 16.5 Å². The molecule has 1 aliphatic rings. The molecule has 10 heteroatoms. The number of fused-ring (bicyclic) bond motifs is 1. The molecule has 8 nitrogen and oxygen atoms in total. The number of carbonyl (C=O) groups is 1. The van der Waals surface area contributed by atoms with Crippen molar-refractivity contribution in [2.24, 2.45) is 0 Å². The highest BCUT2D eigenvalue weighted by Gasteiger charge is 2.13. The molecule has 0 fully saturated rings. The van der Waals surface area contributed by atoms with Crippen LogP contribution >= 0.6 is 23.1 Å². The molecule has 1 aromatic heterocycles. The lowest BCUT2D eigenvalue weighted by Gasteiger charge is -2.10. The lowest BCUT2D eigenvalue weighted by atomic mass is 10.2. The van der Waals surface area contributed by atoms with E-state index in [0.29, 0.717) is 39.9 Å². The summed E-state index contributed by atoms with van der Waals surface area (Å²) >= 11 is 2.71. The molecule has 0 saturated heterocycles. The number of aromatic nitrogens is 2. The number of thioether (sulfide) groups is 1. The maximum absolute atomic E-state index is 12.3. The molecule has 2 N–H and O–H groups in total. The van der Waals surface area contributed by atoms with E-state index in [1.54, 1.807) is 19.2 Å². The Hall–Kier alpha value is -2.98. The highest BCUT2D eigenvalue weighted by Crippen LogP contribution is 2.33. The first-order valence-electron chi connectivity index (χ1n) is 9.26. The van der Waals surface area contributed by atoms with Gasteiger partial charge in [-0.15, -0.1) is 10.2 Å². The zero-order valence-corrected chi connectivity index (χ0v) is 17.8. The van der Waals surface area contributed by atoms with Crippen molar-refractivity contribution >= 4 is 45.5 Å². The van der Waals surface area contributed by atoms with Gasteiger partial charge in [-0.2, -0.15) is 0 Å². The van der Waals surface area contributed by atoms with Gasteiger partial charge in [0, 0.05) is 29.9 Å². The van der Waals surface area contributed by atoms with E-state index in [2.05, 4.69) is 20.8 Å². The fraction of sp³-hybridized carbons (Fsp3) is 0.250. The van der Waals surface area contributed by atoms with Crippen LogP contribution in [0, 0.1) is 0 Å². The molecule has 30 heavy (non-hydrogen) atoms. The highest BCUT2D eigenvalue weighted by atomic mass is 32.2. The van der Waals surface area contributed by atoms with Crippen LogP contribution in [0.15, 0.2) is 46.8 Å². The second kappa shape index (κ2) is 9.68. The Morgan fingerprint density at radius 1 is 1.13 bits per heavy atom. The number of carbonyl (C=O) groups excluding carboxylic acids is 1. The van der Waals surface area contributed by atoms with Gasteiger partial charge >= 0.3 is 0 Å². The van der Waals surface area contributed by atoms with Gasteiger partial charge in [0.15, 0.2) is 15.8 Å². The number of anilines is 3. The predicted octanol–water partition coefficient (Wildman–Crippen LogP) is 4.18. The van der Waals surface area contributed by atoms with E-state index in [0.717, 1.165) is 17.9 Å². The van der Waals surface area contributed by atoms with E-state index >= 15 is 0 Å². The van der Waals surface area contributed by atoms with Gasteiger partial charge in [0.25, 0.3) is 0 Å². The van der Waals surface area contributed by atoms with Crippen LogP contribution in [0.2, 0.25) is 0 Å². The fourth-order valence-electron chi connectivity index (χ4n) is 2.71. The lowest BCUT2D eigenvalue weighted by Crippen LogP contribution is -2.14. The number of benzene rings is 2. The van der Waals surface area contributed by atoms with E-state index in [4.69, 9.17) is 14.2 Å². The van der Waals surface area contributed by atoms with Crippen molar-refractivity contribution < 1.29 is 19.0 Å². The number of nitrogens with one attached hydrogen (secondary N) is 2. The predicted molar refractivity (Wildman–Crippen MR) is 118 cm³/mol. The van der Waals surface area contributed by atoms with Gasteiger partial charge in [-0.05, 0) is 24.3 Å². The standard InChI is InChI=1S/C20H20N4O4S2/c1-26-15-5-2-4-13(10-15)22-19-23-24-20(30-19)29-12-18(25)21-14-6-7-16-17(11-14)28-9-3-8-27-16/h2,4-7,10-11H,3,8-9,12H2,1H3,(H,21,25)(H,22,23). The van der Waals surface area contributed by atoms with Crippen molar-refractivity contribution in [2.75, 3.05) is 36.7 Å². The molecular weight excluding hydrogens is 424 g/mol. The van der Waals surface area contributed by atoms with Gasteiger partial charge in [-0.3, -0.25) is 4.79 Å². The molecule has 156 valence electrons. The maximum atomic E-state index is 12.3. The summed E-state index contributed by atoms with van der Waals surface area (Å²) in [6.07, 6.45) is 0.837. The minimum absolute atomic E-state index is 0.132. The van der Waals surface area contributed by atoms with Crippen LogP contribution in [-0.2, 0) is 4.79 Å². The van der Waals surface area contributed by atoms with Crippen LogP contribution in [0.25, 0.3) is 0 Å². The topological polar surface area (TPSA) is 94.6 Å². The Morgan fingerprint density at radius 2 is 2.00 bits per heavy atom. The zero-order valence-electron chi connectivity index (χ0n) is 16.2. The molecule has 0 saturated carbocycles. The summed E-state index contributed by atoms with van der Waals surface area (Å²) in [6.45, 7) is 1.23. The van der Waals surface area contributed by atoms with E-state index in [1.807, 2.05) is 30.3 Å². The summed E-state index contributed by atoms with van der Waals surface area (Å²) in [5.74, 6) is 2.19. The quantitative estimate of drug-likeness (QED) is 0.524. The summed E-state index contributed by atoms with van der Waals surface area (Å²) < 4.78 is 17.2. The van der Waals surface area contributed by atoms with Crippen molar-refractivity contribution in [1.29, 1.82) is 0 Å². The molecular formula is C20H20N4O4S2. The normalized spacial score (nSPS) is 12.7. The largest absolute Gasteiger partial charge is 0.497 e. The number of ether oxygens (including phenoxy) is 3. The molecule has 2 aromatic carbocycles. The van der Waals surface area contributed by atoms with Gasteiger partial charge in [0.2, 0.25) is 11.0 Å². The minimum atomic E-state index is -0.132.